The number of amides is 6. The Morgan fingerprint density at radius 2 is 1.52 bits per heavy atom. The molecule has 2 aliphatic carbocycles. The molecule has 0 spiro atoms. The number of hydrogen-bond donors (Lipinski definition) is 1. The zero-order valence-corrected chi connectivity index (χ0v) is 35.4. The van der Waals surface area contributed by atoms with Crippen molar-refractivity contribution < 1.29 is 33.5 Å². The molecule has 1 saturated heterocycles. The van der Waals surface area contributed by atoms with E-state index in [2.05, 4.69) is 49.7 Å². The van der Waals surface area contributed by atoms with Gasteiger partial charge in [-0.1, -0.05) is 57.2 Å². The number of imide groups is 2. The highest BCUT2D eigenvalue weighted by atomic mass is 35.5. The van der Waals surface area contributed by atoms with Crippen LogP contribution in [0.3, 0.4) is 0 Å². The largest absolute Gasteiger partial charge is 0.489 e. The number of benzene rings is 3. The number of hydrogen-bond acceptors (Lipinski definition) is 7. The van der Waals surface area contributed by atoms with E-state index < -0.39 is 29.7 Å². The minimum Gasteiger partial charge on any atom is -0.489 e. The van der Waals surface area contributed by atoms with Crippen molar-refractivity contribution in [3.8, 4) is 17.6 Å². The molecule has 3 fully saturated rings. The van der Waals surface area contributed by atoms with Crippen molar-refractivity contribution in [2.45, 2.75) is 104 Å². The summed E-state index contributed by atoms with van der Waals surface area (Å²) in [5, 5.41) is 2.58. The van der Waals surface area contributed by atoms with Crippen LogP contribution in [0.15, 0.2) is 48.5 Å². The van der Waals surface area contributed by atoms with E-state index >= 15 is 0 Å². The third kappa shape index (κ3) is 6.76. The monoisotopic (exact) mass is 839 g/mol. The molecule has 12 nitrogen and oxygen atoms in total. The fraction of sp³-hybridized carbons (Fsp3) is 0.438. The van der Waals surface area contributed by atoms with E-state index in [0.29, 0.717) is 48.1 Å². The van der Waals surface area contributed by atoms with Gasteiger partial charge in [-0.3, -0.25) is 39.0 Å². The van der Waals surface area contributed by atoms with Crippen LogP contribution in [-0.2, 0) is 33.9 Å². The maximum atomic E-state index is 13.8. The number of halogens is 1. The first kappa shape index (κ1) is 40.4. The maximum Gasteiger partial charge on any atom is 0.262 e. The van der Waals surface area contributed by atoms with Crippen LogP contribution < -0.4 is 10.1 Å². The van der Waals surface area contributed by atoms with Crippen molar-refractivity contribution in [2.75, 3.05) is 6.54 Å². The number of carbonyl (C=O) groups excluding carboxylic acids is 6. The molecule has 6 aliphatic rings. The zero-order chi connectivity index (χ0) is 43.1. The predicted octanol–water partition coefficient (Wildman–Crippen LogP) is 6.87. The summed E-state index contributed by atoms with van der Waals surface area (Å²) in [5.74, 6) is 5.41. The fourth-order valence-electron chi connectivity index (χ4n) is 11.3. The first-order valence-corrected chi connectivity index (χ1v) is 21.4. The molecule has 3 aromatic carbocycles. The van der Waals surface area contributed by atoms with Gasteiger partial charge < -0.3 is 14.5 Å². The first-order chi connectivity index (χ1) is 29.1. The second-order valence-electron chi connectivity index (χ2n) is 18.5. The summed E-state index contributed by atoms with van der Waals surface area (Å²) in [6.07, 6.45) is 3.57. The van der Waals surface area contributed by atoms with E-state index in [1.807, 2.05) is 28.0 Å². The smallest absolute Gasteiger partial charge is 0.262 e. The van der Waals surface area contributed by atoms with Gasteiger partial charge in [-0.05, 0) is 97.7 Å². The Labute approximate surface area is 359 Å². The Balaban J connectivity index is 0.800. The van der Waals surface area contributed by atoms with Crippen LogP contribution in [0.25, 0.3) is 4.85 Å². The van der Waals surface area contributed by atoms with Crippen LogP contribution in [-0.4, -0.2) is 74.9 Å². The Morgan fingerprint density at radius 1 is 0.820 bits per heavy atom. The van der Waals surface area contributed by atoms with Gasteiger partial charge in [0.05, 0.1) is 22.7 Å². The number of nitrogens with one attached hydrogen (secondary N) is 1. The van der Waals surface area contributed by atoms with Gasteiger partial charge in [-0.25, -0.2) is 4.85 Å². The highest BCUT2D eigenvalue weighted by molar-refractivity contribution is 6.33. The topological polar surface area (TPSA) is 138 Å². The van der Waals surface area contributed by atoms with Crippen LogP contribution >= 0.6 is 11.6 Å². The molecule has 2 saturated carbocycles. The van der Waals surface area contributed by atoms with E-state index in [1.54, 1.807) is 30.3 Å². The quantitative estimate of drug-likeness (QED) is 0.168. The molecule has 1 N–H and O–H groups in total. The summed E-state index contributed by atoms with van der Waals surface area (Å²) >= 11 is 6.30. The van der Waals surface area contributed by atoms with Gasteiger partial charge in [-0.2, -0.15) is 0 Å². The van der Waals surface area contributed by atoms with Gasteiger partial charge in [0.1, 0.15) is 17.9 Å². The van der Waals surface area contributed by atoms with Gasteiger partial charge in [0.2, 0.25) is 23.4 Å². The number of fused-ring (bicyclic) bond motifs is 3. The molecular formula is C48H46ClN5O7. The summed E-state index contributed by atoms with van der Waals surface area (Å²) in [5.41, 5.74) is 4.40. The van der Waals surface area contributed by atoms with E-state index in [-0.39, 0.29) is 70.6 Å². The van der Waals surface area contributed by atoms with Crippen molar-refractivity contribution in [2.24, 2.45) is 22.7 Å². The summed E-state index contributed by atoms with van der Waals surface area (Å²) < 4.78 is 6.48. The molecule has 4 aliphatic heterocycles. The highest BCUT2D eigenvalue weighted by Gasteiger charge is 2.67. The maximum absolute atomic E-state index is 13.8. The van der Waals surface area contributed by atoms with Crippen molar-refractivity contribution in [3.63, 3.8) is 0 Å². The molecule has 1 atom stereocenters. The number of piperidine rings is 1. The first-order valence-electron chi connectivity index (χ1n) is 21.0. The lowest BCUT2D eigenvalue weighted by Crippen LogP contribution is -2.74. The van der Waals surface area contributed by atoms with Gasteiger partial charge in [-0.15, -0.1) is 0 Å². The minimum atomic E-state index is -1.02. The Hall–Kier alpha value is -5.98. The van der Waals surface area contributed by atoms with Crippen LogP contribution in [0.5, 0.6) is 5.75 Å². The van der Waals surface area contributed by atoms with Crippen LogP contribution in [0.4, 0.5) is 5.69 Å². The van der Waals surface area contributed by atoms with Crippen molar-refractivity contribution in [3.05, 3.63) is 104 Å². The molecule has 4 heterocycles. The minimum absolute atomic E-state index is 0.00710. The Morgan fingerprint density at radius 3 is 2.20 bits per heavy atom. The number of rotatable bonds is 5. The summed E-state index contributed by atoms with van der Waals surface area (Å²) in [6, 6.07) is 13.3. The lowest BCUT2D eigenvalue weighted by Gasteiger charge is -2.65. The number of carbonyl (C=O) groups is 6. The average molecular weight is 840 g/mol. The lowest BCUT2D eigenvalue weighted by molar-refractivity contribution is -0.199. The summed E-state index contributed by atoms with van der Waals surface area (Å²) in [4.78, 5) is 86.8. The second kappa shape index (κ2) is 14.9. The Bertz CT molecular complexity index is 2560. The summed E-state index contributed by atoms with van der Waals surface area (Å²) in [7, 11) is 0. The molecule has 1 unspecified atom stereocenters. The molecule has 3 aromatic rings. The number of ether oxygens (including phenoxy) is 1. The van der Waals surface area contributed by atoms with Gasteiger partial charge in [0, 0.05) is 65.9 Å². The van der Waals surface area contributed by atoms with Crippen molar-refractivity contribution >= 4 is 52.7 Å². The fourth-order valence-corrected chi connectivity index (χ4v) is 11.5. The highest BCUT2D eigenvalue weighted by Crippen LogP contribution is 2.59. The normalized spacial score (nSPS) is 26.0. The SMILES string of the molecule is [C-]#[N+]c1ccc(OC2C(C)(C)C(N3Cc4cc(C#CC5CCC(C(=O)N6CCc7cc8c(cc7C6)C(=O)N(C6CCC(=O)NC6=O)C8=O)CC5)ccc4C3=O)C2(C)C)cc1Cl. The van der Waals surface area contributed by atoms with Crippen LogP contribution in [0.1, 0.15) is 120 Å². The van der Waals surface area contributed by atoms with Crippen LogP contribution in [0, 0.1) is 41.1 Å². The molecule has 6 amide bonds. The molecule has 13 heteroatoms. The molecule has 61 heavy (non-hydrogen) atoms. The molecule has 0 aromatic heterocycles. The van der Waals surface area contributed by atoms with E-state index in [9.17, 15) is 28.8 Å². The third-order valence-electron chi connectivity index (χ3n) is 13.9. The molecule has 0 bridgehead atoms. The van der Waals surface area contributed by atoms with Crippen molar-refractivity contribution in [1.82, 2.24) is 20.0 Å². The van der Waals surface area contributed by atoms with Crippen LogP contribution in [0.2, 0.25) is 5.02 Å². The van der Waals surface area contributed by atoms with Crippen molar-refractivity contribution in [1.29, 1.82) is 0 Å². The average Bonchev–Trinajstić information content (AvgIpc) is 3.67. The molecule has 0 radical (unpaired) electrons. The molecule has 312 valence electrons. The van der Waals surface area contributed by atoms with E-state index in [1.165, 1.54) is 0 Å². The molecule has 9 rings (SSSR count). The molecular weight excluding hydrogens is 794 g/mol. The van der Waals surface area contributed by atoms with E-state index in [0.717, 1.165) is 52.8 Å². The zero-order valence-electron chi connectivity index (χ0n) is 34.6. The van der Waals surface area contributed by atoms with Gasteiger partial charge in [0.25, 0.3) is 17.7 Å². The Kier molecular flexibility index (Phi) is 9.86. The standard InChI is InChI=1S/C48H46ClN5O7/c1-47(2)45(48(3,4)46(47)61-32-13-15-37(50-5)36(49)23-32)53-25-31-20-27(10-14-33(31)42(53)58)7-6-26-8-11-28(12-9-26)41(57)52-19-18-29-21-34-35(22-30(29)24-52)44(60)54(43(34)59)38-16-17-39(55)51-40(38)56/h10,13-15,20-23,26,28,38,45-46H,8-9,11-12,16-19,24-25H2,1-4H3,(H,51,55,56). The lowest BCUT2D eigenvalue weighted by atomic mass is 9.49. The summed E-state index contributed by atoms with van der Waals surface area (Å²) in [6.45, 7) is 17.1. The predicted molar refractivity (Wildman–Crippen MR) is 224 cm³/mol. The van der Waals surface area contributed by atoms with E-state index in [4.69, 9.17) is 22.9 Å². The number of nitrogens with zero attached hydrogens (tertiary/aromatic N) is 4. The third-order valence-corrected chi connectivity index (χ3v) is 14.2. The van der Waals surface area contributed by atoms with Gasteiger partial charge in [0.15, 0.2) is 0 Å². The second-order valence-corrected chi connectivity index (χ2v) is 18.9. The van der Waals surface area contributed by atoms with Gasteiger partial charge >= 0.3 is 0 Å².